The summed E-state index contributed by atoms with van der Waals surface area (Å²) in [6, 6.07) is 12.2. The van der Waals surface area contributed by atoms with Gasteiger partial charge in [-0.1, -0.05) is 18.2 Å². The molecule has 34 heavy (non-hydrogen) atoms. The second-order valence-corrected chi connectivity index (χ2v) is 8.23. The highest BCUT2D eigenvalue weighted by Gasteiger charge is 2.23. The van der Waals surface area contributed by atoms with Crippen molar-refractivity contribution in [1.29, 1.82) is 0 Å². The van der Waals surface area contributed by atoms with E-state index in [4.69, 9.17) is 9.47 Å². The largest absolute Gasteiger partial charge is 0.454 e. The molecule has 1 saturated heterocycles. The Balaban J connectivity index is 1.14. The summed E-state index contributed by atoms with van der Waals surface area (Å²) in [5.41, 5.74) is 1.35. The molecule has 1 amide bonds. The van der Waals surface area contributed by atoms with Crippen molar-refractivity contribution in [2.75, 3.05) is 37.9 Å². The number of ether oxygens (including phenoxy) is 2. The zero-order valence-corrected chi connectivity index (χ0v) is 18.5. The number of carbonyl (C=O) groups excluding carboxylic acids is 1. The summed E-state index contributed by atoms with van der Waals surface area (Å²) in [6.45, 7) is 2.32. The molecular formula is C24H24FN5O4. The fourth-order valence-corrected chi connectivity index (χ4v) is 4.17. The number of H-pyrrole nitrogens is 1. The van der Waals surface area contributed by atoms with Gasteiger partial charge in [0.2, 0.25) is 12.7 Å². The number of rotatable bonds is 6. The van der Waals surface area contributed by atoms with Crippen molar-refractivity contribution < 1.29 is 18.7 Å². The number of anilines is 1. The minimum absolute atomic E-state index is 0.0566. The Labute approximate surface area is 195 Å². The van der Waals surface area contributed by atoms with Gasteiger partial charge in [0.1, 0.15) is 17.3 Å². The molecule has 0 unspecified atom stereocenters. The van der Waals surface area contributed by atoms with Crippen molar-refractivity contribution in [2.45, 2.75) is 19.3 Å². The summed E-state index contributed by atoms with van der Waals surface area (Å²) in [7, 11) is 0. The summed E-state index contributed by atoms with van der Waals surface area (Å²) >= 11 is 0. The van der Waals surface area contributed by atoms with E-state index in [0.29, 0.717) is 55.6 Å². The van der Waals surface area contributed by atoms with Crippen LogP contribution in [0.1, 0.15) is 23.5 Å². The molecule has 2 aliphatic heterocycles. The molecule has 3 aromatic rings. The molecular weight excluding hydrogens is 441 g/mol. The molecule has 1 N–H and O–H groups in total. The fourth-order valence-electron chi connectivity index (χ4n) is 4.17. The molecule has 0 radical (unpaired) electrons. The molecule has 0 bridgehead atoms. The van der Waals surface area contributed by atoms with Gasteiger partial charge in [-0.2, -0.15) is 0 Å². The van der Waals surface area contributed by atoms with Crippen LogP contribution < -0.4 is 19.9 Å². The average molecular weight is 465 g/mol. The van der Waals surface area contributed by atoms with Crippen molar-refractivity contribution in [2.24, 2.45) is 0 Å². The summed E-state index contributed by atoms with van der Waals surface area (Å²) in [6.07, 6.45) is 0.766. The van der Waals surface area contributed by atoms with Crippen molar-refractivity contribution in [3.05, 3.63) is 75.7 Å². The van der Waals surface area contributed by atoms with Crippen LogP contribution in [0.4, 0.5) is 10.1 Å². The first kappa shape index (κ1) is 21.9. The smallest absolute Gasteiger partial charge is 0.272 e. The second-order valence-electron chi connectivity index (χ2n) is 8.23. The Morgan fingerprint density at radius 2 is 1.82 bits per heavy atom. The van der Waals surface area contributed by atoms with Crippen LogP contribution in [0.25, 0.3) is 0 Å². The van der Waals surface area contributed by atoms with Gasteiger partial charge in [-0.25, -0.2) is 4.39 Å². The van der Waals surface area contributed by atoms with Gasteiger partial charge in [0.05, 0.1) is 5.69 Å². The van der Waals surface area contributed by atoms with Gasteiger partial charge in [0.25, 0.3) is 5.56 Å². The van der Waals surface area contributed by atoms with E-state index in [1.807, 2.05) is 23.1 Å². The van der Waals surface area contributed by atoms with Crippen LogP contribution >= 0.6 is 0 Å². The summed E-state index contributed by atoms with van der Waals surface area (Å²) in [4.78, 5) is 31.6. The molecule has 2 aliphatic rings. The van der Waals surface area contributed by atoms with E-state index in [-0.39, 0.29) is 42.6 Å². The number of amides is 1. The first-order chi connectivity index (χ1) is 16.6. The van der Waals surface area contributed by atoms with Crippen molar-refractivity contribution >= 4 is 11.6 Å². The maximum atomic E-state index is 14.0. The van der Waals surface area contributed by atoms with Gasteiger partial charge in [-0.3, -0.25) is 9.59 Å². The van der Waals surface area contributed by atoms with E-state index >= 15 is 0 Å². The minimum Gasteiger partial charge on any atom is -0.454 e. The summed E-state index contributed by atoms with van der Waals surface area (Å²) in [5.74, 6) is 1.47. The van der Waals surface area contributed by atoms with Gasteiger partial charge in [-0.05, 0) is 29.8 Å². The van der Waals surface area contributed by atoms with E-state index in [1.165, 1.54) is 6.07 Å². The molecule has 1 fully saturated rings. The third-order valence-electron chi connectivity index (χ3n) is 6.02. The molecule has 5 rings (SSSR count). The van der Waals surface area contributed by atoms with Crippen LogP contribution in [-0.4, -0.2) is 59.0 Å². The van der Waals surface area contributed by atoms with Crippen LogP contribution in [0.3, 0.4) is 0 Å². The average Bonchev–Trinajstić information content (AvgIpc) is 3.32. The maximum absolute atomic E-state index is 14.0. The first-order valence-corrected chi connectivity index (χ1v) is 11.2. The Morgan fingerprint density at radius 1 is 1.03 bits per heavy atom. The minimum atomic E-state index is -0.345. The predicted molar refractivity (Wildman–Crippen MR) is 122 cm³/mol. The number of aromatic nitrogens is 3. The maximum Gasteiger partial charge on any atom is 0.272 e. The number of para-hydroxylation sites is 1. The van der Waals surface area contributed by atoms with Gasteiger partial charge in [-0.15, -0.1) is 10.2 Å². The Kier molecular flexibility index (Phi) is 6.11. The quantitative estimate of drug-likeness (QED) is 0.594. The van der Waals surface area contributed by atoms with Crippen LogP contribution in [0.2, 0.25) is 0 Å². The highest BCUT2D eigenvalue weighted by Crippen LogP contribution is 2.32. The number of piperazine rings is 1. The standard InChI is InChI=1S/C24H24FN5O4/c25-17-3-1-2-4-19(17)29-9-11-30(12-10-29)23(31)8-6-18-24(32)26-22(28-27-18)14-16-5-7-20-21(13-16)34-15-33-20/h1-5,7,13H,6,8-12,14-15H2,(H,26,28,32). The molecule has 0 saturated carbocycles. The monoisotopic (exact) mass is 465 g/mol. The van der Waals surface area contributed by atoms with Crippen LogP contribution in [0, 0.1) is 5.82 Å². The Hall–Kier alpha value is -3.95. The molecule has 3 heterocycles. The second kappa shape index (κ2) is 9.50. The lowest BCUT2D eigenvalue weighted by molar-refractivity contribution is -0.131. The van der Waals surface area contributed by atoms with E-state index < -0.39 is 0 Å². The SMILES string of the molecule is O=C(CCc1nnc(Cc2ccc3c(c2)OCO3)[nH]c1=O)N1CCN(c2ccccc2F)CC1. The number of fused-ring (bicyclic) bond motifs is 1. The zero-order chi connectivity index (χ0) is 23.5. The van der Waals surface area contributed by atoms with Crippen molar-refractivity contribution in [1.82, 2.24) is 20.1 Å². The van der Waals surface area contributed by atoms with Crippen LogP contribution in [-0.2, 0) is 17.6 Å². The topological polar surface area (TPSA) is 101 Å². The first-order valence-electron chi connectivity index (χ1n) is 11.2. The highest BCUT2D eigenvalue weighted by molar-refractivity contribution is 5.76. The number of aromatic amines is 1. The number of nitrogens with one attached hydrogen (secondary N) is 1. The third kappa shape index (κ3) is 4.70. The lowest BCUT2D eigenvalue weighted by atomic mass is 10.1. The van der Waals surface area contributed by atoms with Gasteiger partial charge in [0, 0.05) is 45.4 Å². The lowest BCUT2D eigenvalue weighted by Crippen LogP contribution is -2.49. The molecule has 2 aromatic carbocycles. The molecule has 0 spiro atoms. The van der Waals surface area contributed by atoms with Crippen molar-refractivity contribution in [3.8, 4) is 11.5 Å². The number of hydrogen-bond donors (Lipinski definition) is 1. The molecule has 0 aliphatic carbocycles. The van der Waals surface area contributed by atoms with E-state index in [0.717, 1.165) is 5.56 Å². The Bertz CT molecular complexity index is 1260. The lowest BCUT2D eigenvalue weighted by Gasteiger charge is -2.36. The summed E-state index contributed by atoms with van der Waals surface area (Å²) < 4.78 is 24.7. The van der Waals surface area contributed by atoms with E-state index in [9.17, 15) is 14.0 Å². The fraction of sp³-hybridized carbons (Fsp3) is 0.333. The van der Waals surface area contributed by atoms with Gasteiger partial charge >= 0.3 is 0 Å². The number of halogens is 1. The van der Waals surface area contributed by atoms with Crippen molar-refractivity contribution in [3.63, 3.8) is 0 Å². The molecule has 10 heteroatoms. The van der Waals surface area contributed by atoms with Crippen LogP contribution in [0.5, 0.6) is 11.5 Å². The normalized spacial score (nSPS) is 15.0. The number of nitrogens with zero attached hydrogens (tertiary/aromatic N) is 4. The van der Waals surface area contributed by atoms with E-state index in [2.05, 4.69) is 15.2 Å². The summed E-state index contributed by atoms with van der Waals surface area (Å²) in [5, 5.41) is 8.18. The predicted octanol–water partition coefficient (Wildman–Crippen LogP) is 1.90. The number of carbonyl (C=O) groups is 1. The Morgan fingerprint density at radius 3 is 2.62 bits per heavy atom. The van der Waals surface area contributed by atoms with Crippen LogP contribution in [0.15, 0.2) is 47.3 Å². The zero-order valence-electron chi connectivity index (χ0n) is 18.5. The van der Waals surface area contributed by atoms with E-state index in [1.54, 1.807) is 23.1 Å². The molecule has 176 valence electrons. The number of benzene rings is 2. The molecule has 0 atom stereocenters. The number of aryl methyl sites for hydroxylation is 1. The van der Waals surface area contributed by atoms with Gasteiger partial charge < -0.3 is 24.3 Å². The van der Waals surface area contributed by atoms with Gasteiger partial charge in [0.15, 0.2) is 11.5 Å². The third-order valence-corrected chi connectivity index (χ3v) is 6.02. The number of hydrogen-bond acceptors (Lipinski definition) is 7. The molecule has 1 aromatic heterocycles. The molecule has 9 nitrogen and oxygen atoms in total. The highest BCUT2D eigenvalue weighted by atomic mass is 19.1.